The highest BCUT2D eigenvalue weighted by atomic mass is 35.5. The molecule has 0 bridgehead atoms. The third kappa shape index (κ3) is 5.93. The lowest BCUT2D eigenvalue weighted by molar-refractivity contribution is -0.137. The van der Waals surface area contributed by atoms with Crippen molar-refractivity contribution in [3.63, 3.8) is 0 Å². The number of hydrogen-bond acceptors (Lipinski definition) is 7. The van der Waals surface area contributed by atoms with E-state index in [0.29, 0.717) is 51.2 Å². The van der Waals surface area contributed by atoms with Crippen LogP contribution in [0.5, 0.6) is 11.5 Å². The van der Waals surface area contributed by atoms with E-state index in [9.17, 15) is 13.2 Å². The summed E-state index contributed by atoms with van der Waals surface area (Å²) < 4.78 is 42.4. The van der Waals surface area contributed by atoms with E-state index in [2.05, 4.69) is 16.2 Å². The van der Waals surface area contributed by atoms with Crippen molar-refractivity contribution in [2.75, 3.05) is 30.0 Å². The third-order valence-electron chi connectivity index (χ3n) is 8.78. The minimum Gasteiger partial charge on any atom is -0.462 e. The smallest absolute Gasteiger partial charge is 0.330 e. The highest BCUT2D eigenvalue weighted by Gasteiger charge is 2.53. The van der Waals surface area contributed by atoms with Gasteiger partial charge in [-0.2, -0.15) is 4.72 Å². The monoisotopic (exact) mass is 711 g/mol. The van der Waals surface area contributed by atoms with Crippen LogP contribution in [0.4, 0.5) is 22.7 Å². The zero-order valence-electron chi connectivity index (χ0n) is 26.4. The van der Waals surface area contributed by atoms with E-state index in [-0.39, 0.29) is 11.5 Å². The average molecular weight is 713 g/mol. The second-order valence-electron chi connectivity index (χ2n) is 11.7. The van der Waals surface area contributed by atoms with E-state index >= 15 is 0 Å². The van der Waals surface area contributed by atoms with Crippen LogP contribution in [0.2, 0.25) is 10.0 Å². The van der Waals surface area contributed by atoms with Gasteiger partial charge in [-0.1, -0.05) is 72.2 Å². The molecule has 0 amide bonds. The van der Waals surface area contributed by atoms with Crippen molar-refractivity contribution in [1.29, 1.82) is 0 Å². The number of sulfonamides is 1. The summed E-state index contributed by atoms with van der Waals surface area (Å²) in [5.74, 6) is 0.498. The Morgan fingerprint density at radius 1 is 0.816 bits per heavy atom. The molecule has 49 heavy (non-hydrogen) atoms. The maximum absolute atomic E-state index is 13.7. The molecular formula is C38H31Cl2N3O5S. The lowest BCUT2D eigenvalue weighted by Gasteiger charge is -2.38. The van der Waals surface area contributed by atoms with Crippen molar-refractivity contribution in [2.24, 2.45) is 0 Å². The van der Waals surface area contributed by atoms with E-state index in [1.54, 1.807) is 18.2 Å². The van der Waals surface area contributed by atoms with Crippen LogP contribution in [-0.4, -0.2) is 34.6 Å². The number of fused-ring (bicyclic) bond motifs is 6. The number of rotatable bonds is 9. The molecule has 2 heterocycles. The molecular weight excluding hydrogens is 681 g/mol. The molecule has 0 aliphatic carbocycles. The zero-order chi connectivity index (χ0) is 34.3. The number of benzene rings is 5. The van der Waals surface area contributed by atoms with Crippen LogP contribution < -0.4 is 19.3 Å². The van der Waals surface area contributed by atoms with Crippen molar-refractivity contribution >= 4 is 61.9 Å². The summed E-state index contributed by atoms with van der Waals surface area (Å²) in [6.07, 6.45) is 1.65. The Hall–Kier alpha value is -4.80. The van der Waals surface area contributed by atoms with Crippen molar-refractivity contribution in [1.82, 2.24) is 4.72 Å². The Labute approximate surface area is 295 Å². The molecule has 7 rings (SSSR count). The van der Waals surface area contributed by atoms with Gasteiger partial charge in [0.15, 0.2) is 0 Å². The predicted octanol–water partition coefficient (Wildman–Crippen LogP) is 8.71. The highest BCUT2D eigenvalue weighted by Crippen LogP contribution is 2.56. The molecule has 5 aromatic rings. The lowest BCUT2D eigenvalue weighted by Crippen LogP contribution is -2.43. The summed E-state index contributed by atoms with van der Waals surface area (Å²) >= 11 is 12.7. The van der Waals surface area contributed by atoms with Crippen molar-refractivity contribution in [3.05, 3.63) is 149 Å². The summed E-state index contributed by atoms with van der Waals surface area (Å²) in [7, 11) is -1.94. The quantitative estimate of drug-likeness (QED) is 0.0930. The van der Waals surface area contributed by atoms with Crippen LogP contribution in [0.25, 0.3) is 0 Å². The molecule has 1 unspecified atom stereocenters. The summed E-state index contributed by atoms with van der Waals surface area (Å²) in [5, 5.41) is 1.18. The van der Waals surface area contributed by atoms with Gasteiger partial charge < -0.3 is 19.3 Å². The number of carbonyl (C=O) groups excluding carboxylic acids is 1. The summed E-state index contributed by atoms with van der Waals surface area (Å²) in [6, 6.07) is 33.5. The summed E-state index contributed by atoms with van der Waals surface area (Å²) in [4.78, 5) is 15.9. The molecule has 0 saturated heterocycles. The van der Waals surface area contributed by atoms with E-state index in [1.807, 2.05) is 103 Å². The number of ether oxygens (including phenoxy) is 2. The summed E-state index contributed by atoms with van der Waals surface area (Å²) in [6.45, 7) is 4.14. The maximum atomic E-state index is 13.7. The van der Waals surface area contributed by atoms with Gasteiger partial charge in [0.1, 0.15) is 17.0 Å². The zero-order valence-corrected chi connectivity index (χ0v) is 28.7. The average Bonchev–Trinajstić information content (AvgIpc) is 3.34. The first-order chi connectivity index (χ1) is 23.6. The Morgan fingerprint density at radius 2 is 1.41 bits per heavy atom. The molecule has 2 aliphatic heterocycles. The van der Waals surface area contributed by atoms with Crippen LogP contribution >= 0.6 is 23.2 Å². The number of carbonyl (C=O) groups is 1. The standard InChI is InChI=1S/C38H31Cl2N3O5S/c1-3-37(44)47-20-8-19-43(29-12-7-10-26(40)22-29)30-16-18-32-35(24-30)48-34-23-28(42(2)27-11-6-9-25(39)21-27)15-17-31(34)38(32)33-13-4-5-14-36(33)49(45,46)41-38/h3-7,9-18,21-24,41H,1,8,19-20H2,2H3. The fourth-order valence-electron chi connectivity index (χ4n) is 6.51. The van der Waals surface area contributed by atoms with Crippen molar-refractivity contribution in [3.8, 4) is 11.5 Å². The van der Waals surface area contributed by atoms with E-state index < -0.39 is 21.5 Å². The number of anilines is 4. The fraction of sp³-hybridized carbons (Fsp3) is 0.132. The molecule has 2 aliphatic rings. The van der Waals surface area contributed by atoms with Crippen molar-refractivity contribution in [2.45, 2.75) is 16.9 Å². The van der Waals surface area contributed by atoms with Gasteiger partial charge in [0, 0.05) is 81.3 Å². The van der Waals surface area contributed by atoms with Crippen molar-refractivity contribution < 1.29 is 22.7 Å². The predicted molar refractivity (Wildman–Crippen MR) is 193 cm³/mol. The minimum absolute atomic E-state index is 0.196. The van der Waals surface area contributed by atoms with Crippen LogP contribution in [0.1, 0.15) is 23.1 Å². The molecule has 5 aromatic carbocycles. The fourth-order valence-corrected chi connectivity index (χ4v) is 8.49. The molecule has 0 saturated carbocycles. The first-order valence-corrected chi connectivity index (χ1v) is 17.8. The Bertz CT molecular complexity index is 2230. The molecule has 0 radical (unpaired) electrons. The van der Waals surface area contributed by atoms with Crippen LogP contribution in [0.15, 0.2) is 127 Å². The van der Waals surface area contributed by atoms with E-state index in [1.165, 1.54) is 0 Å². The van der Waals surface area contributed by atoms with E-state index in [4.69, 9.17) is 32.7 Å². The van der Waals surface area contributed by atoms with Gasteiger partial charge in [-0.15, -0.1) is 0 Å². The minimum atomic E-state index is -3.88. The number of nitrogens with zero attached hydrogens (tertiary/aromatic N) is 2. The number of esters is 1. The second-order valence-corrected chi connectivity index (χ2v) is 14.2. The number of hydrogen-bond donors (Lipinski definition) is 1. The molecule has 0 aromatic heterocycles. The second kappa shape index (κ2) is 12.9. The largest absolute Gasteiger partial charge is 0.462 e. The van der Waals surface area contributed by atoms with Crippen LogP contribution in [-0.2, 0) is 25.1 Å². The molecule has 8 nitrogen and oxygen atoms in total. The molecule has 248 valence electrons. The van der Waals surface area contributed by atoms with E-state index in [0.717, 1.165) is 28.8 Å². The third-order valence-corrected chi connectivity index (χ3v) is 10.8. The number of nitrogens with one attached hydrogen (secondary N) is 1. The first-order valence-electron chi connectivity index (χ1n) is 15.5. The Balaban J connectivity index is 1.36. The van der Waals surface area contributed by atoms with Crippen LogP contribution in [0.3, 0.4) is 0 Å². The molecule has 11 heteroatoms. The Morgan fingerprint density at radius 3 is 2.10 bits per heavy atom. The molecule has 1 spiro atoms. The van der Waals surface area contributed by atoms with Gasteiger partial charge in [0.2, 0.25) is 10.0 Å². The van der Waals surface area contributed by atoms with Gasteiger partial charge in [-0.05, 0) is 61.0 Å². The Kier molecular flexibility index (Phi) is 8.62. The molecule has 1 atom stereocenters. The van der Waals surface area contributed by atoms with Crippen LogP contribution in [0, 0.1) is 0 Å². The molecule has 0 fully saturated rings. The van der Waals surface area contributed by atoms with Gasteiger partial charge in [-0.3, -0.25) is 0 Å². The lowest BCUT2D eigenvalue weighted by atomic mass is 9.75. The summed E-state index contributed by atoms with van der Waals surface area (Å²) in [5.41, 5.74) is 3.98. The highest BCUT2D eigenvalue weighted by molar-refractivity contribution is 7.90. The maximum Gasteiger partial charge on any atom is 0.330 e. The first kappa shape index (κ1) is 32.7. The van der Waals surface area contributed by atoms with Gasteiger partial charge >= 0.3 is 5.97 Å². The SMILES string of the molecule is C=CC(=O)OCCCN(c1cccc(Cl)c1)c1ccc2c(c1)Oc1cc(N(C)c3cccc(Cl)c3)ccc1C21NS(=O)(=O)c2ccccc21. The van der Waals surface area contributed by atoms with Gasteiger partial charge in [0.05, 0.1) is 11.5 Å². The topological polar surface area (TPSA) is 88.2 Å². The van der Waals surface area contributed by atoms with Gasteiger partial charge in [-0.25, -0.2) is 13.2 Å². The normalized spacial score (nSPS) is 16.6. The number of halogens is 2. The molecule has 1 N–H and O–H groups in total. The van der Waals surface area contributed by atoms with Gasteiger partial charge in [0.25, 0.3) is 0 Å².